The number of hydrogen-bond acceptors (Lipinski definition) is 6. The minimum atomic E-state index is -0.385. The lowest BCUT2D eigenvalue weighted by Crippen LogP contribution is -2.17. The molecule has 0 unspecified atom stereocenters. The lowest BCUT2D eigenvalue weighted by Gasteiger charge is -2.15. The Balaban J connectivity index is 1.71. The molecule has 184 valence electrons. The summed E-state index contributed by atoms with van der Waals surface area (Å²) >= 11 is 2.15. The molecule has 0 radical (unpaired) electrons. The summed E-state index contributed by atoms with van der Waals surface area (Å²) in [6.45, 7) is 4.89. The first kappa shape index (κ1) is 26.3. The largest absolute Gasteiger partial charge is 0.493 e. The fourth-order valence-electron chi connectivity index (χ4n) is 3.12. The number of carbonyl (C=O) groups is 1. The Bertz CT molecular complexity index is 1190. The Labute approximate surface area is 217 Å². The maximum Gasteiger partial charge on any atom is 0.271 e. The van der Waals surface area contributed by atoms with Gasteiger partial charge in [0.2, 0.25) is 0 Å². The summed E-state index contributed by atoms with van der Waals surface area (Å²) < 4.78 is 36.4. The standard InChI is InChI=1S/C26H26FIN2O5/c1-4-33-23-14-19(8-11-22(23)32-3)26(31)30-29-15-18-12-21(28)25(24(13-18)34-5-2)35-16-17-6-9-20(27)10-7-17/h6-15H,4-5,16H2,1-3H3,(H,30,31)/b29-15+. The van der Waals surface area contributed by atoms with E-state index in [1.54, 1.807) is 43.5 Å². The zero-order valence-electron chi connectivity index (χ0n) is 19.6. The van der Waals surface area contributed by atoms with E-state index in [0.29, 0.717) is 41.8 Å². The molecule has 1 N–H and O–H groups in total. The Morgan fingerprint density at radius 1 is 0.971 bits per heavy atom. The summed E-state index contributed by atoms with van der Waals surface area (Å²) in [5.74, 6) is 1.48. The van der Waals surface area contributed by atoms with Crippen molar-refractivity contribution < 1.29 is 28.1 Å². The Kier molecular flexibility index (Phi) is 9.71. The number of hydrazone groups is 1. The van der Waals surface area contributed by atoms with Crippen molar-refractivity contribution in [2.45, 2.75) is 20.5 Å². The fraction of sp³-hybridized carbons (Fsp3) is 0.231. The number of rotatable bonds is 11. The van der Waals surface area contributed by atoms with Crippen LogP contribution in [0.15, 0.2) is 59.7 Å². The van der Waals surface area contributed by atoms with Gasteiger partial charge in [-0.25, -0.2) is 9.82 Å². The van der Waals surface area contributed by atoms with Crippen molar-refractivity contribution in [2.75, 3.05) is 20.3 Å². The van der Waals surface area contributed by atoms with Gasteiger partial charge in [-0.05, 0) is 90.0 Å². The number of hydrogen-bond donors (Lipinski definition) is 1. The van der Waals surface area contributed by atoms with Crippen LogP contribution in [0, 0.1) is 9.39 Å². The Morgan fingerprint density at radius 3 is 2.37 bits per heavy atom. The monoisotopic (exact) mass is 592 g/mol. The Hall–Kier alpha value is -3.34. The van der Waals surface area contributed by atoms with Crippen LogP contribution in [0.3, 0.4) is 0 Å². The molecular formula is C26H26FIN2O5. The minimum Gasteiger partial charge on any atom is -0.493 e. The minimum absolute atomic E-state index is 0.269. The second-order valence-electron chi connectivity index (χ2n) is 7.18. The molecule has 0 bridgehead atoms. The highest BCUT2D eigenvalue weighted by atomic mass is 127. The summed E-state index contributed by atoms with van der Waals surface area (Å²) in [4.78, 5) is 12.5. The fourth-order valence-corrected chi connectivity index (χ4v) is 3.90. The molecule has 0 aliphatic carbocycles. The quantitative estimate of drug-likeness (QED) is 0.179. The predicted molar refractivity (Wildman–Crippen MR) is 140 cm³/mol. The predicted octanol–water partition coefficient (Wildman–Crippen LogP) is 5.58. The zero-order valence-corrected chi connectivity index (χ0v) is 21.8. The molecule has 0 aromatic heterocycles. The third-order valence-corrected chi connectivity index (χ3v) is 5.53. The number of nitrogens with one attached hydrogen (secondary N) is 1. The molecule has 35 heavy (non-hydrogen) atoms. The molecule has 7 nitrogen and oxygen atoms in total. The summed E-state index contributed by atoms with van der Waals surface area (Å²) in [5, 5.41) is 4.08. The molecule has 3 rings (SSSR count). The van der Waals surface area contributed by atoms with E-state index in [-0.39, 0.29) is 18.3 Å². The molecule has 0 saturated carbocycles. The molecule has 0 aliphatic rings. The topological polar surface area (TPSA) is 78.4 Å². The van der Waals surface area contributed by atoms with Gasteiger partial charge in [0.25, 0.3) is 5.91 Å². The third kappa shape index (κ3) is 7.32. The second-order valence-corrected chi connectivity index (χ2v) is 8.34. The Morgan fingerprint density at radius 2 is 1.69 bits per heavy atom. The lowest BCUT2D eigenvalue weighted by atomic mass is 10.2. The SMILES string of the molecule is CCOc1cc(C(=O)N/N=C/c2cc(I)c(OCc3ccc(F)cc3)c(OCC)c2)ccc1OC. The lowest BCUT2D eigenvalue weighted by molar-refractivity contribution is 0.0954. The van der Waals surface area contributed by atoms with Crippen LogP contribution in [0.5, 0.6) is 23.0 Å². The van der Waals surface area contributed by atoms with Crippen LogP contribution in [0.1, 0.15) is 35.3 Å². The van der Waals surface area contributed by atoms with Crippen LogP contribution >= 0.6 is 22.6 Å². The highest BCUT2D eigenvalue weighted by molar-refractivity contribution is 14.1. The van der Waals surface area contributed by atoms with E-state index in [9.17, 15) is 9.18 Å². The van der Waals surface area contributed by atoms with E-state index in [0.717, 1.165) is 14.7 Å². The van der Waals surface area contributed by atoms with Crippen LogP contribution in [-0.4, -0.2) is 32.4 Å². The van der Waals surface area contributed by atoms with E-state index in [1.807, 2.05) is 19.9 Å². The molecule has 0 atom stereocenters. The molecule has 0 fully saturated rings. The van der Waals surface area contributed by atoms with E-state index in [1.165, 1.54) is 18.3 Å². The maximum atomic E-state index is 13.1. The normalized spacial score (nSPS) is 10.8. The summed E-state index contributed by atoms with van der Waals surface area (Å²) in [7, 11) is 1.54. The van der Waals surface area contributed by atoms with Crippen LogP contribution < -0.4 is 24.4 Å². The first-order chi connectivity index (χ1) is 16.9. The number of halogens is 2. The molecule has 3 aromatic rings. The molecular weight excluding hydrogens is 566 g/mol. The van der Waals surface area contributed by atoms with Crippen LogP contribution in [0.2, 0.25) is 0 Å². The first-order valence-electron chi connectivity index (χ1n) is 10.9. The van der Waals surface area contributed by atoms with Gasteiger partial charge in [-0.3, -0.25) is 4.79 Å². The van der Waals surface area contributed by atoms with Crippen molar-refractivity contribution in [2.24, 2.45) is 5.10 Å². The van der Waals surface area contributed by atoms with Crippen molar-refractivity contribution in [3.8, 4) is 23.0 Å². The van der Waals surface area contributed by atoms with Gasteiger partial charge >= 0.3 is 0 Å². The van der Waals surface area contributed by atoms with Crippen molar-refractivity contribution in [1.29, 1.82) is 0 Å². The van der Waals surface area contributed by atoms with Crippen molar-refractivity contribution in [3.05, 3.63) is 80.7 Å². The summed E-state index contributed by atoms with van der Waals surface area (Å²) in [6, 6.07) is 14.7. The van der Waals surface area contributed by atoms with Crippen LogP contribution in [-0.2, 0) is 6.61 Å². The van der Waals surface area contributed by atoms with Gasteiger partial charge in [0.05, 0.1) is 30.1 Å². The number of benzene rings is 3. The molecule has 0 heterocycles. The van der Waals surface area contributed by atoms with Crippen molar-refractivity contribution >= 4 is 34.7 Å². The zero-order chi connectivity index (χ0) is 25.2. The molecule has 9 heteroatoms. The number of amides is 1. The molecule has 3 aromatic carbocycles. The van der Waals surface area contributed by atoms with Gasteiger partial charge in [-0.15, -0.1) is 0 Å². The van der Waals surface area contributed by atoms with Gasteiger partial charge in [0, 0.05) is 5.56 Å². The summed E-state index contributed by atoms with van der Waals surface area (Å²) in [6.07, 6.45) is 1.53. The van der Waals surface area contributed by atoms with Gasteiger partial charge in [0.1, 0.15) is 12.4 Å². The number of methoxy groups -OCH3 is 1. The molecule has 1 amide bonds. The summed E-state index contributed by atoms with van der Waals surface area (Å²) in [5.41, 5.74) is 4.47. The molecule has 0 saturated heterocycles. The van der Waals surface area contributed by atoms with Gasteiger partial charge < -0.3 is 18.9 Å². The van der Waals surface area contributed by atoms with Gasteiger partial charge in [0.15, 0.2) is 23.0 Å². The second kappa shape index (κ2) is 12.9. The highest BCUT2D eigenvalue weighted by Crippen LogP contribution is 2.34. The van der Waals surface area contributed by atoms with Crippen LogP contribution in [0.4, 0.5) is 4.39 Å². The molecule has 0 spiro atoms. The van der Waals surface area contributed by atoms with Gasteiger partial charge in [-0.2, -0.15) is 5.10 Å². The van der Waals surface area contributed by atoms with Gasteiger partial charge in [-0.1, -0.05) is 12.1 Å². The van der Waals surface area contributed by atoms with E-state index < -0.39 is 0 Å². The average Bonchev–Trinajstić information content (AvgIpc) is 2.85. The van der Waals surface area contributed by atoms with Crippen LogP contribution in [0.25, 0.3) is 0 Å². The maximum absolute atomic E-state index is 13.1. The third-order valence-electron chi connectivity index (χ3n) is 4.73. The van der Waals surface area contributed by atoms with E-state index in [2.05, 4.69) is 33.1 Å². The van der Waals surface area contributed by atoms with E-state index >= 15 is 0 Å². The van der Waals surface area contributed by atoms with Crippen molar-refractivity contribution in [3.63, 3.8) is 0 Å². The van der Waals surface area contributed by atoms with E-state index in [4.69, 9.17) is 18.9 Å². The highest BCUT2D eigenvalue weighted by Gasteiger charge is 2.13. The molecule has 0 aliphatic heterocycles. The van der Waals surface area contributed by atoms with Crippen molar-refractivity contribution in [1.82, 2.24) is 5.43 Å². The number of nitrogens with zero attached hydrogens (tertiary/aromatic N) is 1. The number of ether oxygens (including phenoxy) is 4. The first-order valence-corrected chi connectivity index (χ1v) is 12.0. The smallest absolute Gasteiger partial charge is 0.271 e. The number of carbonyl (C=O) groups excluding carboxylic acids is 1. The average molecular weight is 592 g/mol.